The van der Waals surface area contributed by atoms with Crippen LogP contribution in [0.15, 0.2) is 30.6 Å². The predicted octanol–water partition coefficient (Wildman–Crippen LogP) is 2.79. The zero-order chi connectivity index (χ0) is 20.4. The molecule has 0 fully saturated rings. The number of rotatable bonds is 5. The molecule has 0 bridgehead atoms. The molecule has 0 spiro atoms. The van der Waals surface area contributed by atoms with E-state index in [1.807, 2.05) is 0 Å². The number of pyridine rings is 1. The van der Waals surface area contributed by atoms with Crippen LogP contribution in [0.25, 0.3) is 5.65 Å². The highest BCUT2D eigenvalue weighted by molar-refractivity contribution is 6.00. The van der Waals surface area contributed by atoms with Crippen LogP contribution in [0, 0.1) is 11.2 Å². The molecule has 0 saturated carbocycles. The monoisotopic (exact) mass is 396 g/mol. The van der Waals surface area contributed by atoms with Gasteiger partial charge in [0.2, 0.25) is 5.95 Å². The Hall–Kier alpha value is -3.41. The second kappa shape index (κ2) is 7.68. The number of fused-ring (bicyclic) bond motifs is 1. The smallest absolute Gasteiger partial charge is 0.323 e. The zero-order valence-corrected chi connectivity index (χ0v) is 14.7. The van der Waals surface area contributed by atoms with E-state index in [0.29, 0.717) is 5.69 Å². The first-order valence-corrected chi connectivity index (χ1v) is 7.96. The Balaban J connectivity index is 1.88. The van der Waals surface area contributed by atoms with E-state index in [0.717, 1.165) is 18.3 Å². The average Bonchev–Trinajstić information content (AvgIpc) is 3.02. The molecule has 0 radical (unpaired) electrons. The lowest BCUT2D eigenvalue weighted by Gasteiger charge is -2.17. The second-order valence-electron chi connectivity index (χ2n) is 5.72. The van der Waals surface area contributed by atoms with Gasteiger partial charge in [-0.1, -0.05) is 0 Å². The summed E-state index contributed by atoms with van der Waals surface area (Å²) in [6.07, 6.45) is -1.43. The summed E-state index contributed by atoms with van der Waals surface area (Å²) in [4.78, 5) is 16.3. The summed E-state index contributed by atoms with van der Waals surface area (Å²) in [5, 5.41) is 19.8. The van der Waals surface area contributed by atoms with Crippen molar-refractivity contribution in [3.05, 3.63) is 53.1 Å². The fourth-order valence-electron chi connectivity index (χ4n) is 2.55. The molecule has 0 unspecified atom stereocenters. The molecule has 3 rings (SSSR count). The van der Waals surface area contributed by atoms with Crippen LogP contribution >= 0.6 is 0 Å². The van der Waals surface area contributed by atoms with Gasteiger partial charge in [-0.25, -0.2) is 14.3 Å². The van der Waals surface area contributed by atoms with Crippen molar-refractivity contribution in [1.29, 1.82) is 0 Å². The molecule has 28 heavy (non-hydrogen) atoms. The van der Waals surface area contributed by atoms with Gasteiger partial charge in [0.1, 0.15) is 0 Å². The van der Waals surface area contributed by atoms with Crippen molar-refractivity contribution < 1.29 is 27.4 Å². The van der Waals surface area contributed by atoms with Gasteiger partial charge in [0.05, 0.1) is 29.4 Å². The van der Waals surface area contributed by atoms with Crippen molar-refractivity contribution in [2.24, 2.45) is 0 Å². The van der Waals surface area contributed by atoms with Crippen molar-refractivity contribution in [2.75, 3.05) is 17.7 Å². The highest BCUT2D eigenvalue weighted by atomic mass is 19.3. The number of carbonyl (C=O) groups is 1. The van der Waals surface area contributed by atoms with E-state index < -0.39 is 30.2 Å². The van der Waals surface area contributed by atoms with Crippen LogP contribution in [0.4, 0.5) is 29.3 Å². The third kappa shape index (κ3) is 3.81. The third-order valence-corrected chi connectivity index (χ3v) is 3.91. The summed E-state index contributed by atoms with van der Waals surface area (Å²) in [7, 11) is 1.43. The summed E-state index contributed by atoms with van der Waals surface area (Å²) in [6.45, 7) is 1.66. The minimum Gasteiger partial charge on any atom is -0.618 e. The number of urea groups is 1. The Morgan fingerprint density at radius 2 is 2.11 bits per heavy atom. The Kier molecular flexibility index (Phi) is 5.31. The summed E-state index contributed by atoms with van der Waals surface area (Å²) in [6, 6.07) is 2.35. The summed E-state index contributed by atoms with van der Waals surface area (Å²) in [5.41, 5.74) is -0.106. The van der Waals surface area contributed by atoms with E-state index in [4.69, 9.17) is 4.74 Å². The maximum absolute atomic E-state index is 13.5. The highest BCUT2D eigenvalue weighted by Gasteiger charge is 2.21. The first-order valence-electron chi connectivity index (χ1n) is 7.96. The van der Waals surface area contributed by atoms with Gasteiger partial charge < -0.3 is 20.6 Å². The number of aromatic nitrogens is 4. The van der Waals surface area contributed by atoms with E-state index in [2.05, 4.69) is 20.7 Å². The Bertz CT molecular complexity index is 1030. The van der Waals surface area contributed by atoms with Gasteiger partial charge in [-0.2, -0.15) is 17.9 Å². The third-order valence-electron chi connectivity index (χ3n) is 3.91. The van der Waals surface area contributed by atoms with Crippen LogP contribution in [0.2, 0.25) is 0 Å². The van der Waals surface area contributed by atoms with Crippen LogP contribution in [-0.4, -0.2) is 27.7 Å². The number of methoxy groups -OCH3 is 1. The molecule has 0 aromatic carbocycles. The van der Waals surface area contributed by atoms with Gasteiger partial charge in [-0.3, -0.25) is 0 Å². The number of anilines is 2. The van der Waals surface area contributed by atoms with Crippen molar-refractivity contribution >= 4 is 23.1 Å². The van der Waals surface area contributed by atoms with E-state index in [9.17, 15) is 23.2 Å². The van der Waals surface area contributed by atoms with Crippen molar-refractivity contribution in [3.63, 3.8) is 0 Å². The molecule has 1 atom stereocenters. The molecule has 0 aliphatic carbocycles. The molecule has 0 aliphatic rings. The quantitative estimate of drug-likeness (QED) is 0.509. The second-order valence-corrected chi connectivity index (χ2v) is 5.72. The predicted molar refractivity (Wildman–Crippen MR) is 91.4 cm³/mol. The number of nitrogens with one attached hydrogen (secondary N) is 2. The molecule has 9 nitrogen and oxygen atoms in total. The number of halogens is 3. The Morgan fingerprint density at radius 1 is 1.36 bits per heavy atom. The van der Waals surface area contributed by atoms with Crippen molar-refractivity contribution in [3.8, 4) is 0 Å². The summed E-state index contributed by atoms with van der Waals surface area (Å²) >= 11 is 0. The number of hydrogen-bond acceptors (Lipinski definition) is 5. The Labute approximate surface area is 156 Å². The van der Waals surface area contributed by atoms with Crippen molar-refractivity contribution in [2.45, 2.75) is 19.5 Å². The molecule has 2 amide bonds. The van der Waals surface area contributed by atoms with Crippen LogP contribution < -0.4 is 15.4 Å². The lowest BCUT2D eigenvalue weighted by molar-refractivity contribution is -0.619. The van der Waals surface area contributed by atoms with Crippen LogP contribution in [-0.2, 0) is 4.74 Å². The number of amides is 2. The van der Waals surface area contributed by atoms with Gasteiger partial charge in [-0.05, 0) is 6.92 Å². The van der Waals surface area contributed by atoms with Crippen LogP contribution in [0.1, 0.15) is 30.8 Å². The number of nitrogens with zero attached hydrogens (tertiary/aromatic N) is 4. The molecular weight excluding hydrogens is 381 g/mol. The van der Waals surface area contributed by atoms with Crippen LogP contribution in [0.5, 0.6) is 0 Å². The lowest BCUT2D eigenvalue weighted by atomic mass is 10.2. The topological polar surface area (TPSA) is 107 Å². The number of hydrogen-bond donors (Lipinski definition) is 2. The van der Waals surface area contributed by atoms with Gasteiger partial charge in [-0.15, -0.1) is 5.10 Å². The standard InChI is InChI=1S/C16H15F3N6O3/c1-8(28-2)14-10(7-20-13-6-12(17)23-25(13)14)22-16(26)21-9-3-4-24(27)11(5-9)15(18)19/h3-8,15H,1-2H3,(H2,21,22,26)/t8-/m0/s1. The molecule has 3 aromatic heterocycles. The molecule has 3 heterocycles. The molecule has 0 saturated heterocycles. The van der Waals surface area contributed by atoms with Gasteiger partial charge in [0, 0.05) is 25.3 Å². The van der Waals surface area contributed by atoms with E-state index in [1.54, 1.807) is 6.92 Å². The van der Waals surface area contributed by atoms with E-state index >= 15 is 0 Å². The normalized spacial score (nSPS) is 12.4. The first-order chi connectivity index (χ1) is 13.3. The minimum atomic E-state index is -3.00. The maximum Gasteiger partial charge on any atom is 0.323 e. The Morgan fingerprint density at radius 3 is 2.79 bits per heavy atom. The van der Waals surface area contributed by atoms with Crippen molar-refractivity contribution in [1.82, 2.24) is 14.6 Å². The lowest BCUT2D eigenvalue weighted by Crippen LogP contribution is -2.32. The van der Waals surface area contributed by atoms with E-state index in [-0.39, 0.29) is 21.8 Å². The van der Waals surface area contributed by atoms with Gasteiger partial charge >= 0.3 is 12.5 Å². The maximum atomic E-state index is 13.5. The molecule has 148 valence electrons. The fourth-order valence-corrected chi connectivity index (χ4v) is 2.55. The molecule has 3 aromatic rings. The average molecular weight is 396 g/mol. The first kappa shape index (κ1) is 19.4. The number of carbonyl (C=O) groups excluding carboxylic acids is 1. The SMILES string of the molecule is CO[C@@H](C)c1c(NC(=O)Nc2cc[n+]([O-])c(C(F)F)c2)cnc2cc(F)nn12. The number of ether oxygens (including phenoxy) is 1. The minimum absolute atomic E-state index is 0.0102. The fraction of sp³-hybridized carbons (Fsp3) is 0.250. The molecule has 0 aliphatic heterocycles. The highest BCUT2D eigenvalue weighted by Crippen LogP contribution is 2.26. The van der Waals surface area contributed by atoms with Gasteiger partial charge in [0.25, 0.3) is 5.69 Å². The van der Waals surface area contributed by atoms with Gasteiger partial charge in [0.15, 0.2) is 11.8 Å². The number of alkyl halides is 2. The summed E-state index contributed by atoms with van der Waals surface area (Å²) < 4.78 is 45.6. The molecular formula is C16H15F3N6O3. The summed E-state index contributed by atoms with van der Waals surface area (Å²) in [5.74, 6) is -0.756. The molecule has 2 N–H and O–H groups in total. The molecule has 12 heteroatoms. The zero-order valence-electron chi connectivity index (χ0n) is 14.7. The van der Waals surface area contributed by atoms with E-state index in [1.165, 1.54) is 23.9 Å². The van der Waals surface area contributed by atoms with Crippen LogP contribution in [0.3, 0.4) is 0 Å². The largest absolute Gasteiger partial charge is 0.618 e.